The van der Waals surface area contributed by atoms with E-state index in [1.165, 1.54) is 18.9 Å². The molecule has 0 unspecified atom stereocenters. The lowest BCUT2D eigenvalue weighted by atomic mass is 9.83. The van der Waals surface area contributed by atoms with Crippen LogP contribution in [0.2, 0.25) is 0 Å². The third-order valence-corrected chi connectivity index (χ3v) is 4.17. The zero-order chi connectivity index (χ0) is 14.1. The van der Waals surface area contributed by atoms with E-state index in [4.69, 9.17) is 0 Å². The number of carbonyl (C=O) groups is 2. The lowest BCUT2D eigenvalue weighted by molar-refractivity contribution is -0.140. The maximum atomic E-state index is 11.8. The van der Waals surface area contributed by atoms with Crippen molar-refractivity contribution >= 4 is 23.6 Å². The van der Waals surface area contributed by atoms with Crippen LogP contribution in [0, 0.1) is 11.3 Å². The minimum Gasteiger partial charge on any atom is -0.469 e. The summed E-state index contributed by atoms with van der Waals surface area (Å²) < 4.78 is 4.52. The summed E-state index contributed by atoms with van der Waals surface area (Å²) in [5, 5.41) is 12.1. The van der Waals surface area contributed by atoms with Crippen LogP contribution in [0.25, 0.3) is 0 Å². The van der Waals surface area contributed by atoms with Crippen molar-refractivity contribution in [3.63, 3.8) is 0 Å². The average molecular weight is 284 g/mol. The summed E-state index contributed by atoms with van der Waals surface area (Å²) in [5.41, 5.74) is -0.668. The van der Waals surface area contributed by atoms with Crippen molar-refractivity contribution in [1.82, 2.24) is 5.32 Å². The molecule has 1 saturated carbocycles. The lowest BCUT2D eigenvalue weighted by Crippen LogP contribution is -2.49. The number of carbonyl (C=O) groups excluding carboxylic acids is 2. The number of nitrogens with zero attached hydrogens (tertiary/aromatic N) is 1. The highest BCUT2D eigenvalue weighted by Crippen LogP contribution is 2.27. The summed E-state index contributed by atoms with van der Waals surface area (Å²) in [6.45, 7) is 0. The van der Waals surface area contributed by atoms with E-state index < -0.39 is 5.54 Å². The number of nitriles is 1. The minimum absolute atomic E-state index is 0.127. The van der Waals surface area contributed by atoms with Crippen LogP contribution in [0.15, 0.2) is 0 Å². The molecule has 19 heavy (non-hydrogen) atoms. The molecule has 0 radical (unpaired) electrons. The first-order valence-corrected chi connectivity index (χ1v) is 7.64. The Morgan fingerprint density at radius 2 is 2.05 bits per heavy atom. The van der Waals surface area contributed by atoms with Crippen LogP contribution in [-0.2, 0) is 14.3 Å². The first kappa shape index (κ1) is 15.8. The molecule has 1 N–H and O–H groups in total. The topological polar surface area (TPSA) is 79.2 Å². The highest BCUT2D eigenvalue weighted by atomic mass is 32.2. The van der Waals surface area contributed by atoms with Gasteiger partial charge < -0.3 is 10.1 Å². The van der Waals surface area contributed by atoms with Gasteiger partial charge in [-0.15, -0.1) is 0 Å². The number of amides is 1. The van der Waals surface area contributed by atoms with E-state index >= 15 is 0 Å². The smallest absolute Gasteiger partial charge is 0.306 e. The van der Waals surface area contributed by atoms with Crippen LogP contribution >= 0.6 is 11.8 Å². The lowest BCUT2D eigenvalue weighted by Gasteiger charge is -2.31. The van der Waals surface area contributed by atoms with Gasteiger partial charge in [0.15, 0.2) is 0 Å². The highest BCUT2D eigenvalue weighted by Gasteiger charge is 2.33. The molecule has 0 bridgehead atoms. The van der Waals surface area contributed by atoms with Crippen LogP contribution < -0.4 is 5.32 Å². The summed E-state index contributed by atoms with van der Waals surface area (Å²) >= 11 is 1.38. The second-order valence-electron chi connectivity index (χ2n) is 4.68. The molecule has 0 aromatic rings. The Hall–Kier alpha value is -1.22. The molecular weight excluding hydrogens is 264 g/mol. The monoisotopic (exact) mass is 284 g/mol. The zero-order valence-corrected chi connectivity index (χ0v) is 12.1. The number of rotatable bonds is 6. The molecule has 0 heterocycles. The van der Waals surface area contributed by atoms with Gasteiger partial charge in [-0.2, -0.15) is 17.0 Å². The van der Waals surface area contributed by atoms with Crippen molar-refractivity contribution in [2.45, 2.75) is 44.1 Å². The number of methoxy groups -OCH3 is 1. The van der Waals surface area contributed by atoms with Crippen LogP contribution in [0.3, 0.4) is 0 Å². The largest absolute Gasteiger partial charge is 0.469 e. The zero-order valence-electron chi connectivity index (χ0n) is 11.2. The van der Waals surface area contributed by atoms with Gasteiger partial charge in [0, 0.05) is 5.75 Å². The van der Waals surface area contributed by atoms with E-state index in [1.54, 1.807) is 0 Å². The van der Waals surface area contributed by atoms with Crippen molar-refractivity contribution in [2.75, 3.05) is 18.6 Å². The Morgan fingerprint density at radius 3 is 2.63 bits per heavy atom. The molecular formula is C13H20N2O3S. The van der Waals surface area contributed by atoms with Gasteiger partial charge in [0.1, 0.15) is 5.54 Å². The Bertz CT molecular complexity index is 359. The third kappa shape index (κ3) is 5.52. The van der Waals surface area contributed by atoms with E-state index in [0.29, 0.717) is 12.2 Å². The molecule has 1 aliphatic carbocycles. The first-order chi connectivity index (χ1) is 9.12. The molecule has 0 aromatic heterocycles. The highest BCUT2D eigenvalue weighted by molar-refractivity contribution is 7.99. The van der Waals surface area contributed by atoms with Gasteiger partial charge >= 0.3 is 5.97 Å². The van der Waals surface area contributed by atoms with Crippen LogP contribution in [0.5, 0.6) is 0 Å². The number of nitrogens with one attached hydrogen (secondary N) is 1. The molecule has 106 valence electrons. The van der Waals surface area contributed by atoms with Gasteiger partial charge in [-0.1, -0.05) is 19.3 Å². The number of esters is 1. The van der Waals surface area contributed by atoms with E-state index in [2.05, 4.69) is 16.1 Å². The summed E-state index contributed by atoms with van der Waals surface area (Å²) in [5.74, 6) is 0.437. The molecule has 0 aromatic carbocycles. The van der Waals surface area contributed by atoms with Gasteiger partial charge in [-0.3, -0.25) is 9.59 Å². The number of thioether (sulfide) groups is 1. The Kier molecular flexibility index (Phi) is 6.71. The molecule has 1 rings (SSSR count). The van der Waals surface area contributed by atoms with Gasteiger partial charge in [0.05, 0.1) is 25.4 Å². The molecule has 0 saturated heterocycles. The van der Waals surface area contributed by atoms with E-state index in [1.807, 2.05) is 0 Å². The third-order valence-electron chi connectivity index (χ3n) is 3.21. The SMILES string of the molecule is COC(=O)CCSCC(=O)NC1(C#N)CCCCC1. The van der Waals surface area contributed by atoms with Gasteiger partial charge in [-0.25, -0.2) is 0 Å². The van der Waals surface area contributed by atoms with Crippen LogP contribution in [0.1, 0.15) is 38.5 Å². The maximum absolute atomic E-state index is 11.8. The summed E-state index contributed by atoms with van der Waals surface area (Å²) in [6.07, 6.45) is 4.89. The Balaban J connectivity index is 2.26. The summed E-state index contributed by atoms with van der Waals surface area (Å²) in [4.78, 5) is 22.7. The minimum atomic E-state index is -0.668. The van der Waals surface area contributed by atoms with Gasteiger partial charge in [-0.05, 0) is 12.8 Å². The van der Waals surface area contributed by atoms with Gasteiger partial charge in [0.25, 0.3) is 0 Å². The molecule has 0 spiro atoms. The quantitative estimate of drug-likeness (QED) is 0.592. The van der Waals surface area contributed by atoms with Gasteiger partial charge in [0.2, 0.25) is 5.91 Å². The average Bonchev–Trinajstić information content (AvgIpc) is 2.44. The predicted octanol–water partition coefficient (Wildman–Crippen LogP) is 1.63. The number of hydrogen-bond donors (Lipinski definition) is 1. The predicted molar refractivity (Wildman–Crippen MR) is 73.5 cm³/mol. The van der Waals surface area contributed by atoms with Crippen LogP contribution in [0.4, 0.5) is 0 Å². The maximum Gasteiger partial charge on any atom is 0.306 e. The first-order valence-electron chi connectivity index (χ1n) is 6.49. The van der Waals surface area contributed by atoms with E-state index in [-0.39, 0.29) is 17.6 Å². The second kappa shape index (κ2) is 8.05. The van der Waals surface area contributed by atoms with Crippen LogP contribution in [-0.4, -0.2) is 36.0 Å². The molecule has 1 amide bonds. The Morgan fingerprint density at radius 1 is 1.37 bits per heavy atom. The standard InChI is InChI=1S/C13H20N2O3S/c1-18-12(17)5-8-19-9-11(16)15-13(10-14)6-3-2-4-7-13/h2-9H2,1H3,(H,15,16). The molecule has 1 fully saturated rings. The fraction of sp³-hybridized carbons (Fsp3) is 0.769. The molecule has 5 nitrogen and oxygen atoms in total. The fourth-order valence-electron chi connectivity index (χ4n) is 2.15. The Labute approximate surface area is 118 Å². The van der Waals surface area contributed by atoms with Crippen molar-refractivity contribution in [3.8, 4) is 6.07 Å². The second-order valence-corrected chi connectivity index (χ2v) is 5.79. The molecule has 0 atom stereocenters. The fourth-order valence-corrected chi connectivity index (χ4v) is 2.86. The van der Waals surface area contributed by atoms with E-state index in [9.17, 15) is 14.9 Å². The van der Waals surface area contributed by atoms with Crippen molar-refractivity contribution in [1.29, 1.82) is 5.26 Å². The number of ether oxygens (including phenoxy) is 1. The van der Waals surface area contributed by atoms with Crippen molar-refractivity contribution in [3.05, 3.63) is 0 Å². The molecule has 6 heteroatoms. The van der Waals surface area contributed by atoms with E-state index in [0.717, 1.165) is 32.1 Å². The molecule has 0 aliphatic heterocycles. The summed E-state index contributed by atoms with van der Waals surface area (Å²) in [6, 6.07) is 2.25. The molecule has 1 aliphatic rings. The van der Waals surface area contributed by atoms with Crippen molar-refractivity contribution in [2.24, 2.45) is 0 Å². The normalized spacial score (nSPS) is 17.3. The number of hydrogen-bond acceptors (Lipinski definition) is 5. The summed E-state index contributed by atoms with van der Waals surface area (Å²) in [7, 11) is 1.35. The van der Waals surface area contributed by atoms with Crippen molar-refractivity contribution < 1.29 is 14.3 Å².